The highest BCUT2D eigenvalue weighted by Gasteiger charge is 2.13. The molecule has 7 heteroatoms. The Labute approximate surface area is 140 Å². The van der Waals surface area contributed by atoms with Gasteiger partial charge in [0.2, 0.25) is 5.88 Å². The minimum Gasteiger partial charge on any atom is -0.484 e. The van der Waals surface area contributed by atoms with Crippen molar-refractivity contribution in [2.75, 3.05) is 13.7 Å². The minimum atomic E-state index is -0.528. The summed E-state index contributed by atoms with van der Waals surface area (Å²) in [5.74, 6) is -0.243. The monoisotopic (exact) mass is 329 g/mol. The minimum absolute atomic E-state index is 0.177. The van der Waals surface area contributed by atoms with Crippen molar-refractivity contribution in [1.82, 2.24) is 15.8 Å². The molecular formula is C17H19N3O4. The van der Waals surface area contributed by atoms with Gasteiger partial charge in [-0.2, -0.15) is 0 Å². The highest BCUT2D eigenvalue weighted by molar-refractivity contribution is 5.97. The summed E-state index contributed by atoms with van der Waals surface area (Å²) < 4.78 is 10.4. The molecule has 126 valence electrons. The topological polar surface area (TPSA) is 89.5 Å². The Balaban J connectivity index is 1.84. The number of rotatable bonds is 5. The summed E-state index contributed by atoms with van der Waals surface area (Å²) in [6.07, 6.45) is 1.51. The fourth-order valence-electron chi connectivity index (χ4n) is 1.91. The first kappa shape index (κ1) is 17.3. The summed E-state index contributed by atoms with van der Waals surface area (Å²) in [5.41, 5.74) is 7.01. The first-order chi connectivity index (χ1) is 11.5. The molecule has 0 aliphatic heterocycles. The van der Waals surface area contributed by atoms with Crippen LogP contribution in [-0.2, 0) is 4.79 Å². The molecular weight excluding hydrogens is 310 g/mol. The largest absolute Gasteiger partial charge is 0.484 e. The van der Waals surface area contributed by atoms with Crippen LogP contribution in [-0.4, -0.2) is 30.5 Å². The van der Waals surface area contributed by atoms with Gasteiger partial charge in [0.1, 0.15) is 11.3 Å². The van der Waals surface area contributed by atoms with Gasteiger partial charge in [0.05, 0.1) is 7.11 Å². The lowest BCUT2D eigenvalue weighted by Gasteiger charge is -2.11. The lowest BCUT2D eigenvalue weighted by atomic mass is 10.1. The van der Waals surface area contributed by atoms with E-state index >= 15 is 0 Å². The number of nitrogens with one attached hydrogen (secondary N) is 2. The van der Waals surface area contributed by atoms with Crippen molar-refractivity contribution in [1.29, 1.82) is 0 Å². The van der Waals surface area contributed by atoms with Crippen molar-refractivity contribution < 1.29 is 19.1 Å². The second-order valence-electron chi connectivity index (χ2n) is 5.10. The molecule has 0 saturated heterocycles. The van der Waals surface area contributed by atoms with Crippen molar-refractivity contribution in [3.63, 3.8) is 0 Å². The molecule has 0 radical (unpaired) electrons. The Morgan fingerprint density at radius 1 is 1.12 bits per heavy atom. The van der Waals surface area contributed by atoms with Crippen LogP contribution in [0.4, 0.5) is 0 Å². The lowest BCUT2D eigenvalue weighted by molar-refractivity contribution is -0.123. The molecule has 0 spiro atoms. The molecule has 0 saturated carbocycles. The standard InChI is InChI=1S/C17H19N3O4/c1-11-6-7-13(9-12(11)2)24-10-15(21)19-20-16(22)14-5-4-8-18-17(14)23-3/h4-9H,10H2,1-3H3,(H,19,21)(H,20,22). The Bertz CT molecular complexity index is 746. The predicted molar refractivity (Wildman–Crippen MR) is 87.8 cm³/mol. The van der Waals surface area contributed by atoms with E-state index in [9.17, 15) is 9.59 Å². The maximum Gasteiger partial charge on any atom is 0.276 e. The van der Waals surface area contributed by atoms with Gasteiger partial charge in [-0.15, -0.1) is 0 Å². The first-order valence-electron chi connectivity index (χ1n) is 7.29. The zero-order chi connectivity index (χ0) is 17.5. The number of aromatic nitrogens is 1. The molecule has 2 aromatic rings. The van der Waals surface area contributed by atoms with Gasteiger partial charge in [-0.05, 0) is 49.2 Å². The quantitative estimate of drug-likeness (QED) is 0.812. The molecule has 2 rings (SSSR count). The molecule has 0 atom stereocenters. The Hall–Kier alpha value is -3.09. The van der Waals surface area contributed by atoms with Crippen molar-refractivity contribution >= 4 is 11.8 Å². The highest BCUT2D eigenvalue weighted by Crippen LogP contribution is 2.16. The van der Waals surface area contributed by atoms with Crippen LogP contribution in [0.3, 0.4) is 0 Å². The van der Waals surface area contributed by atoms with Crippen molar-refractivity contribution in [3.8, 4) is 11.6 Å². The van der Waals surface area contributed by atoms with Crippen LogP contribution < -0.4 is 20.3 Å². The third-order valence-corrected chi connectivity index (χ3v) is 3.37. The average molecular weight is 329 g/mol. The van der Waals surface area contributed by atoms with Crippen LogP contribution >= 0.6 is 0 Å². The summed E-state index contributed by atoms with van der Waals surface area (Å²) >= 11 is 0. The van der Waals surface area contributed by atoms with E-state index in [0.29, 0.717) is 5.75 Å². The number of pyridine rings is 1. The van der Waals surface area contributed by atoms with Crippen LogP contribution in [0, 0.1) is 13.8 Å². The number of nitrogens with zero attached hydrogens (tertiary/aromatic N) is 1. The molecule has 0 aliphatic carbocycles. The van der Waals surface area contributed by atoms with Gasteiger partial charge in [0, 0.05) is 6.20 Å². The van der Waals surface area contributed by atoms with Gasteiger partial charge in [-0.3, -0.25) is 20.4 Å². The molecule has 1 aromatic carbocycles. The molecule has 1 aromatic heterocycles. The van der Waals surface area contributed by atoms with E-state index in [0.717, 1.165) is 11.1 Å². The molecule has 24 heavy (non-hydrogen) atoms. The molecule has 0 fully saturated rings. The summed E-state index contributed by atoms with van der Waals surface area (Å²) in [6, 6.07) is 8.69. The molecule has 2 amide bonds. The SMILES string of the molecule is COc1ncccc1C(=O)NNC(=O)COc1ccc(C)c(C)c1. The Morgan fingerprint density at radius 2 is 1.92 bits per heavy atom. The van der Waals surface area contributed by atoms with Gasteiger partial charge in [-0.25, -0.2) is 4.98 Å². The van der Waals surface area contributed by atoms with Crippen LogP contribution in [0.25, 0.3) is 0 Å². The fourth-order valence-corrected chi connectivity index (χ4v) is 1.91. The normalized spacial score (nSPS) is 9.96. The zero-order valence-corrected chi connectivity index (χ0v) is 13.8. The smallest absolute Gasteiger partial charge is 0.276 e. The number of amides is 2. The Kier molecular flexibility index (Phi) is 5.73. The number of hydrazine groups is 1. The van der Waals surface area contributed by atoms with E-state index < -0.39 is 11.8 Å². The number of ether oxygens (including phenoxy) is 2. The lowest BCUT2D eigenvalue weighted by Crippen LogP contribution is -2.44. The van der Waals surface area contributed by atoms with Crippen molar-refractivity contribution in [2.24, 2.45) is 0 Å². The average Bonchev–Trinajstić information content (AvgIpc) is 2.60. The van der Waals surface area contributed by atoms with Gasteiger partial charge in [0.15, 0.2) is 6.61 Å². The molecule has 0 bridgehead atoms. The molecule has 2 N–H and O–H groups in total. The maximum atomic E-state index is 12.0. The Morgan fingerprint density at radius 3 is 2.62 bits per heavy atom. The third-order valence-electron chi connectivity index (χ3n) is 3.37. The van der Waals surface area contributed by atoms with E-state index in [1.807, 2.05) is 26.0 Å². The summed E-state index contributed by atoms with van der Waals surface area (Å²) in [7, 11) is 1.41. The number of aryl methyl sites for hydroxylation is 2. The molecule has 0 aliphatic rings. The predicted octanol–water partition coefficient (Wildman–Crippen LogP) is 1.55. The molecule has 1 heterocycles. The van der Waals surface area contributed by atoms with E-state index in [1.54, 1.807) is 18.2 Å². The van der Waals surface area contributed by atoms with Crippen molar-refractivity contribution in [3.05, 3.63) is 53.2 Å². The second-order valence-corrected chi connectivity index (χ2v) is 5.10. The van der Waals surface area contributed by atoms with Gasteiger partial charge in [0.25, 0.3) is 11.8 Å². The van der Waals surface area contributed by atoms with E-state index in [1.165, 1.54) is 13.3 Å². The summed E-state index contributed by atoms with van der Waals surface area (Å²) in [4.78, 5) is 27.7. The number of carbonyl (C=O) groups excluding carboxylic acids is 2. The molecule has 7 nitrogen and oxygen atoms in total. The van der Waals surface area contributed by atoms with E-state index in [-0.39, 0.29) is 18.1 Å². The summed E-state index contributed by atoms with van der Waals surface area (Å²) in [6.45, 7) is 3.74. The number of methoxy groups -OCH3 is 1. The summed E-state index contributed by atoms with van der Waals surface area (Å²) in [5, 5.41) is 0. The number of carbonyl (C=O) groups is 2. The zero-order valence-electron chi connectivity index (χ0n) is 13.8. The highest BCUT2D eigenvalue weighted by atomic mass is 16.5. The molecule has 0 unspecified atom stereocenters. The van der Waals surface area contributed by atoms with Gasteiger partial charge >= 0.3 is 0 Å². The second kappa shape index (κ2) is 7.96. The van der Waals surface area contributed by atoms with Crippen molar-refractivity contribution in [2.45, 2.75) is 13.8 Å². The number of hydrogen-bond acceptors (Lipinski definition) is 5. The first-order valence-corrected chi connectivity index (χ1v) is 7.29. The van der Waals surface area contributed by atoms with Crippen LogP contribution in [0.1, 0.15) is 21.5 Å². The maximum absolute atomic E-state index is 12.0. The third kappa shape index (κ3) is 4.45. The van der Waals surface area contributed by atoms with Crippen LogP contribution in [0.15, 0.2) is 36.5 Å². The van der Waals surface area contributed by atoms with Gasteiger partial charge in [-0.1, -0.05) is 6.07 Å². The van der Waals surface area contributed by atoms with Crippen LogP contribution in [0.5, 0.6) is 11.6 Å². The van der Waals surface area contributed by atoms with E-state index in [4.69, 9.17) is 9.47 Å². The van der Waals surface area contributed by atoms with Gasteiger partial charge < -0.3 is 9.47 Å². The van der Waals surface area contributed by atoms with E-state index in [2.05, 4.69) is 15.8 Å². The fraction of sp³-hybridized carbons (Fsp3) is 0.235. The number of benzene rings is 1. The number of hydrogen-bond donors (Lipinski definition) is 2. The van der Waals surface area contributed by atoms with Crippen LogP contribution in [0.2, 0.25) is 0 Å².